The number of hydrogen-bond acceptors (Lipinski definition) is 3. The second-order valence-corrected chi connectivity index (χ2v) is 4.78. The molecule has 3 nitrogen and oxygen atoms in total. The third kappa shape index (κ3) is 5.52. The van der Waals surface area contributed by atoms with Crippen molar-refractivity contribution >= 4 is 5.69 Å². The van der Waals surface area contributed by atoms with Gasteiger partial charge >= 0.3 is 0 Å². The summed E-state index contributed by atoms with van der Waals surface area (Å²) < 4.78 is 5.39. The van der Waals surface area contributed by atoms with Gasteiger partial charge in [0.2, 0.25) is 0 Å². The smallest absolute Gasteiger partial charge is 0.0945 e. The number of aliphatic hydroxyl groups is 1. The van der Waals surface area contributed by atoms with Crippen LogP contribution >= 0.6 is 0 Å². The molecule has 1 rings (SSSR count). The standard InChI is InChI=1S/C15H25NO2/c1-4-5-8-18-11-14(17)10-16-15-9-12(2)6-7-13(15)3/h6-7,9,14,16-17H,4-5,8,10-11H2,1-3H3. The van der Waals surface area contributed by atoms with Gasteiger partial charge in [0.05, 0.1) is 12.7 Å². The van der Waals surface area contributed by atoms with Crippen molar-refractivity contribution < 1.29 is 9.84 Å². The Morgan fingerprint density at radius 1 is 1.33 bits per heavy atom. The predicted molar refractivity (Wildman–Crippen MR) is 76.1 cm³/mol. The van der Waals surface area contributed by atoms with Gasteiger partial charge in [0.25, 0.3) is 0 Å². The first-order valence-electron chi connectivity index (χ1n) is 6.70. The lowest BCUT2D eigenvalue weighted by atomic mass is 10.1. The molecule has 0 heterocycles. The van der Waals surface area contributed by atoms with Gasteiger partial charge in [-0.05, 0) is 37.5 Å². The van der Waals surface area contributed by atoms with Gasteiger partial charge in [-0.25, -0.2) is 0 Å². The van der Waals surface area contributed by atoms with E-state index in [9.17, 15) is 5.11 Å². The molecule has 0 spiro atoms. The van der Waals surface area contributed by atoms with Crippen LogP contribution in [-0.4, -0.2) is 31.0 Å². The van der Waals surface area contributed by atoms with E-state index in [4.69, 9.17) is 4.74 Å². The molecule has 18 heavy (non-hydrogen) atoms. The van der Waals surface area contributed by atoms with Crippen molar-refractivity contribution in [3.8, 4) is 0 Å². The van der Waals surface area contributed by atoms with Crippen LogP contribution in [0, 0.1) is 13.8 Å². The molecule has 102 valence electrons. The molecular weight excluding hydrogens is 226 g/mol. The van der Waals surface area contributed by atoms with Crippen LogP contribution in [0.2, 0.25) is 0 Å². The van der Waals surface area contributed by atoms with E-state index in [1.54, 1.807) is 0 Å². The normalized spacial score (nSPS) is 12.4. The lowest BCUT2D eigenvalue weighted by Gasteiger charge is -2.15. The highest BCUT2D eigenvalue weighted by Crippen LogP contribution is 2.16. The highest BCUT2D eigenvalue weighted by atomic mass is 16.5. The molecule has 0 amide bonds. The number of rotatable bonds is 8. The van der Waals surface area contributed by atoms with Crippen LogP contribution in [0.3, 0.4) is 0 Å². The lowest BCUT2D eigenvalue weighted by molar-refractivity contribution is 0.0421. The van der Waals surface area contributed by atoms with Gasteiger partial charge in [-0.15, -0.1) is 0 Å². The number of aryl methyl sites for hydroxylation is 2. The molecule has 0 aromatic heterocycles. The summed E-state index contributed by atoms with van der Waals surface area (Å²) >= 11 is 0. The average Bonchev–Trinajstić information content (AvgIpc) is 2.36. The highest BCUT2D eigenvalue weighted by Gasteiger charge is 2.05. The number of anilines is 1. The molecule has 1 atom stereocenters. The van der Waals surface area contributed by atoms with Crippen molar-refractivity contribution in [2.24, 2.45) is 0 Å². The van der Waals surface area contributed by atoms with Gasteiger partial charge in [-0.1, -0.05) is 25.5 Å². The summed E-state index contributed by atoms with van der Waals surface area (Å²) in [5, 5.41) is 13.0. The first kappa shape index (κ1) is 15.0. The first-order chi connectivity index (χ1) is 8.63. The molecule has 0 saturated carbocycles. The maximum Gasteiger partial charge on any atom is 0.0945 e. The monoisotopic (exact) mass is 251 g/mol. The van der Waals surface area contributed by atoms with Gasteiger partial charge in [-0.2, -0.15) is 0 Å². The van der Waals surface area contributed by atoms with Crippen LogP contribution in [-0.2, 0) is 4.74 Å². The summed E-state index contributed by atoms with van der Waals surface area (Å²) in [5.74, 6) is 0. The summed E-state index contributed by atoms with van der Waals surface area (Å²) in [5.41, 5.74) is 3.50. The first-order valence-corrected chi connectivity index (χ1v) is 6.70. The Hall–Kier alpha value is -1.06. The Balaban J connectivity index is 2.29. The van der Waals surface area contributed by atoms with Crippen molar-refractivity contribution in [1.82, 2.24) is 0 Å². The number of unbranched alkanes of at least 4 members (excludes halogenated alkanes) is 1. The number of ether oxygens (including phenoxy) is 1. The van der Waals surface area contributed by atoms with Crippen LogP contribution in [0.4, 0.5) is 5.69 Å². The zero-order chi connectivity index (χ0) is 13.4. The Morgan fingerprint density at radius 2 is 2.11 bits per heavy atom. The van der Waals surface area contributed by atoms with Gasteiger partial charge < -0.3 is 15.2 Å². The molecule has 0 fully saturated rings. The summed E-state index contributed by atoms with van der Waals surface area (Å²) in [4.78, 5) is 0. The van der Waals surface area contributed by atoms with Gasteiger partial charge in [-0.3, -0.25) is 0 Å². The van der Waals surface area contributed by atoms with E-state index in [0.29, 0.717) is 13.2 Å². The lowest BCUT2D eigenvalue weighted by Crippen LogP contribution is -2.25. The summed E-state index contributed by atoms with van der Waals surface area (Å²) in [6.45, 7) is 7.91. The molecule has 0 aliphatic carbocycles. The molecule has 0 aliphatic rings. The third-order valence-electron chi connectivity index (χ3n) is 2.87. The fourth-order valence-electron chi connectivity index (χ4n) is 1.68. The van der Waals surface area contributed by atoms with Crippen LogP contribution in [0.5, 0.6) is 0 Å². The summed E-state index contributed by atoms with van der Waals surface area (Å²) in [6.07, 6.45) is 1.72. The predicted octanol–water partition coefficient (Wildman–Crippen LogP) is 2.89. The zero-order valence-corrected chi connectivity index (χ0v) is 11.7. The van der Waals surface area contributed by atoms with Gasteiger partial charge in [0, 0.05) is 18.8 Å². The second-order valence-electron chi connectivity index (χ2n) is 4.78. The SMILES string of the molecule is CCCCOCC(O)CNc1cc(C)ccc1C. The Bertz CT molecular complexity index is 352. The Labute approximate surface area is 110 Å². The number of benzene rings is 1. The van der Waals surface area contributed by atoms with E-state index in [0.717, 1.165) is 25.1 Å². The minimum atomic E-state index is -0.457. The molecule has 1 unspecified atom stereocenters. The largest absolute Gasteiger partial charge is 0.389 e. The minimum absolute atomic E-state index is 0.401. The zero-order valence-electron chi connectivity index (χ0n) is 11.7. The van der Waals surface area contributed by atoms with Crippen LogP contribution in [0.25, 0.3) is 0 Å². The van der Waals surface area contributed by atoms with E-state index >= 15 is 0 Å². The van der Waals surface area contributed by atoms with Gasteiger partial charge in [0.15, 0.2) is 0 Å². The Morgan fingerprint density at radius 3 is 2.83 bits per heavy atom. The molecule has 1 aromatic carbocycles. The molecule has 0 aliphatic heterocycles. The topological polar surface area (TPSA) is 41.5 Å². The van der Waals surface area contributed by atoms with Crippen LogP contribution in [0.15, 0.2) is 18.2 Å². The van der Waals surface area contributed by atoms with E-state index in [1.165, 1.54) is 11.1 Å². The van der Waals surface area contributed by atoms with Crippen molar-refractivity contribution in [1.29, 1.82) is 0 Å². The molecule has 0 saturated heterocycles. The fourth-order valence-corrected chi connectivity index (χ4v) is 1.68. The maximum atomic E-state index is 9.78. The fraction of sp³-hybridized carbons (Fsp3) is 0.600. The molecule has 1 aromatic rings. The summed E-state index contributed by atoms with van der Waals surface area (Å²) in [6, 6.07) is 6.27. The van der Waals surface area contributed by atoms with E-state index in [-0.39, 0.29) is 0 Å². The van der Waals surface area contributed by atoms with Crippen molar-refractivity contribution in [3.63, 3.8) is 0 Å². The number of nitrogens with one attached hydrogen (secondary N) is 1. The summed E-state index contributed by atoms with van der Waals surface area (Å²) in [7, 11) is 0. The molecule has 0 bridgehead atoms. The quantitative estimate of drug-likeness (QED) is 0.698. The van der Waals surface area contributed by atoms with Crippen molar-refractivity contribution in [2.75, 3.05) is 25.1 Å². The number of aliphatic hydroxyl groups excluding tert-OH is 1. The highest BCUT2D eigenvalue weighted by molar-refractivity contribution is 5.52. The van der Waals surface area contributed by atoms with Crippen molar-refractivity contribution in [2.45, 2.75) is 39.7 Å². The molecule has 3 heteroatoms. The van der Waals surface area contributed by atoms with E-state index < -0.39 is 6.10 Å². The van der Waals surface area contributed by atoms with E-state index in [2.05, 4.69) is 44.3 Å². The maximum absolute atomic E-state index is 9.78. The molecule has 0 radical (unpaired) electrons. The minimum Gasteiger partial charge on any atom is -0.389 e. The second kappa shape index (κ2) is 8.11. The van der Waals surface area contributed by atoms with Crippen LogP contribution in [0.1, 0.15) is 30.9 Å². The van der Waals surface area contributed by atoms with Crippen LogP contribution < -0.4 is 5.32 Å². The molecular formula is C15H25NO2. The molecule has 2 N–H and O–H groups in total. The van der Waals surface area contributed by atoms with Gasteiger partial charge in [0.1, 0.15) is 0 Å². The Kier molecular flexibility index (Phi) is 6.76. The average molecular weight is 251 g/mol. The van der Waals surface area contributed by atoms with Crippen molar-refractivity contribution in [3.05, 3.63) is 29.3 Å². The third-order valence-corrected chi connectivity index (χ3v) is 2.87. The van der Waals surface area contributed by atoms with E-state index in [1.807, 2.05) is 0 Å². The number of hydrogen-bond donors (Lipinski definition) is 2.